The van der Waals surface area contributed by atoms with E-state index in [-0.39, 0.29) is 68.3 Å². The monoisotopic (exact) mass is 932 g/mol. The summed E-state index contributed by atoms with van der Waals surface area (Å²) in [5, 5.41) is 16.8. The van der Waals surface area contributed by atoms with Crippen molar-refractivity contribution in [1.82, 2.24) is 15.3 Å². The molecule has 19 nitrogen and oxygen atoms in total. The number of anilines is 3. The molecular formula is C45H46ClFN6O13. The highest BCUT2D eigenvalue weighted by Gasteiger charge is 2.41. The molecule has 0 bridgehead atoms. The van der Waals surface area contributed by atoms with Crippen molar-refractivity contribution in [2.45, 2.75) is 32.1 Å². The van der Waals surface area contributed by atoms with E-state index >= 15 is 0 Å². The Morgan fingerprint density at radius 1 is 0.909 bits per heavy atom. The standard InChI is InChI=1S/C45H46ClFN6O13/c1-59-38-25-36-32(43(49-27-48-36)52(30-9-11-34(47)33(46)23-30)26-28-5-7-29(8-6-28)53(57)58)24-39(38)64-22-21-63-20-19-62-18-17-61-16-15-60-14-13-41(55)50-35-3-2-4-37-42(35)66-45(65-37)31-10-12-40(54)51-44(31)56/h2-9,11,23-25,27,31,45H,10,12-22,26H2,1H3,(H,50,55)(H,51,54,56). The second-order valence-electron chi connectivity index (χ2n) is 14.7. The minimum Gasteiger partial charge on any atom is -0.493 e. The molecule has 2 aliphatic heterocycles. The summed E-state index contributed by atoms with van der Waals surface area (Å²) in [6, 6.07) is 18.9. The number of hydrogen-bond acceptors (Lipinski definition) is 16. The largest absolute Gasteiger partial charge is 0.493 e. The molecular weight excluding hydrogens is 887 g/mol. The molecule has 3 heterocycles. The van der Waals surface area contributed by atoms with Gasteiger partial charge in [-0.1, -0.05) is 29.8 Å². The number of piperidine rings is 1. The Hall–Kier alpha value is -6.71. The molecule has 2 atom stereocenters. The van der Waals surface area contributed by atoms with Crippen LogP contribution in [-0.2, 0) is 39.9 Å². The van der Waals surface area contributed by atoms with Crippen LogP contribution < -0.4 is 34.5 Å². The minimum atomic E-state index is -0.897. The van der Waals surface area contributed by atoms with E-state index in [1.165, 1.54) is 37.7 Å². The number of methoxy groups -OCH3 is 1. The molecule has 3 amide bonds. The van der Waals surface area contributed by atoms with Crippen LogP contribution in [0.4, 0.5) is 27.3 Å². The van der Waals surface area contributed by atoms with E-state index in [0.29, 0.717) is 90.5 Å². The number of nitrogens with zero attached hydrogens (tertiary/aromatic N) is 4. The minimum absolute atomic E-state index is 0.0520. The van der Waals surface area contributed by atoms with Crippen LogP contribution in [0.1, 0.15) is 24.8 Å². The number of amides is 3. The lowest BCUT2D eigenvalue weighted by atomic mass is 9.98. The first kappa shape index (κ1) is 47.3. The fourth-order valence-corrected chi connectivity index (χ4v) is 7.14. The molecule has 1 aromatic heterocycles. The van der Waals surface area contributed by atoms with Gasteiger partial charge < -0.3 is 48.1 Å². The third kappa shape index (κ3) is 12.3. The number of carbonyl (C=O) groups excluding carboxylic acids is 3. The third-order valence-electron chi connectivity index (χ3n) is 10.3. The quantitative estimate of drug-likeness (QED) is 0.0300. The topological polar surface area (TPSA) is 221 Å². The maximum atomic E-state index is 14.2. The van der Waals surface area contributed by atoms with Gasteiger partial charge in [0.05, 0.1) is 87.5 Å². The summed E-state index contributed by atoms with van der Waals surface area (Å²) in [5.41, 5.74) is 2.14. The number of benzene rings is 4. The number of para-hydroxylation sites is 1. The van der Waals surface area contributed by atoms with Gasteiger partial charge in [-0.05, 0) is 48.4 Å². The van der Waals surface area contributed by atoms with Crippen molar-refractivity contribution in [2.24, 2.45) is 5.92 Å². The summed E-state index contributed by atoms with van der Waals surface area (Å²) in [6.45, 7) is 2.69. The number of rotatable bonds is 24. The van der Waals surface area contributed by atoms with Gasteiger partial charge in [0.2, 0.25) is 17.7 Å². The van der Waals surface area contributed by atoms with Crippen molar-refractivity contribution in [3.8, 4) is 23.0 Å². The predicted molar refractivity (Wildman–Crippen MR) is 236 cm³/mol. The zero-order chi connectivity index (χ0) is 46.4. The van der Waals surface area contributed by atoms with Crippen molar-refractivity contribution in [1.29, 1.82) is 0 Å². The van der Waals surface area contributed by atoms with Crippen LogP contribution in [0.15, 0.2) is 79.1 Å². The summed E-state index contributed by atoms with van der Waals surface area (Å²) in [7, 11) is 1.51. The third-order valence-corrected chi connectivity index (χ3v) is 10.6. The van der Waals surface area contributed by atoms with Gasteiger partial charge in [0.15, 0.2) is 23.0 Å². The second kappa shape index (κ2) is 23.0. The Balaban J connectivity index is 0.785. The molecule has 0 radical (unpaired) electrons. The lowest BCUT2D eigenvalue weighted by Gasteiger charge is -2.26. The Morgan fingerprint density at radius 3 is 2.30 bits per heavy atom. The van der Waals surface area contributed by atoms with Crippen molar-refractivity contribution < 1.29 is 61.6 Å². The van der Waals surface area contributed by atoms with Gasteiger partial charge in [0, 0.05) is 42.2 Å². The summed E-state index contributed by atoms with van der Waals surface area (Å²) in [4.78, 5) is 58.0. The van der Waals surface area contributed by atoms with Crippen molar-refractivity contribution in [3.63, 3.8) is 0 Å². The average Bonchev–Trinajstić information content (AvgIpc) is 3.75. The lowest BCUT2D eigenvalue weighted by molar-refractivity contribution is -0.384. The number of fused-ring (bicyclic) bond motifs is 2. The van der Waals surface area contributed by atoms with Crippen molar-refractivity contribution in [3.05, 3.63) is 106 Å². The Labute approximate surface area is 382 Å². The molecule has 0 spiro atoms. The number of imide groups is 1. The smallest absolute Gasteiger partial charge is 0.269 e. The molecule has 1 fully saturated rings. The van der Waals surface area contributed by atoms with Crippen LogP contribution >= 0.6 is 11.6 Å². The van der Waals surface area contributed by atoms with Crippen molar-refractivity contribution >= 4 is 63.1 Å². The first-order chi connectivity index (χ1) is 32.1. The van der Waals surface area contributed by atoms with E-state index in [1.807, 2.05) is 0 Å². The maximum absolute atomic E-state index is 14.2. The summed E-state index contributed by atoms with van der Waals surface area (Å²) in [5.74, 6) is -0.317. The molecule has 4 aromatic carbocycles. The fourth-order valence-electron chi connectivity index (χ4n) is 6.96. The summed E-state index contributed by atoms with van der Waals surface area (Å²) < 4.78 is 59.9. The van der Waals surface area contributed by atoms with E-state index < -0.39 is 28.9 Å². The summed E-state index contributed by atoms with van der Waals surface area (Å²) >= 11 is 6.19. The van der Waals surface area contributed by atoms with E-state index in [4.69, 9.17) is 49.5 Å². The number of nitrogens with one attached hydrogen (secondary N) is 2. The van der Waals surface area contributed by atoms with Crippen LogP contribution in [0.5, 0.6) is 23.0 Å². The average molecular weight is 933 g/mol. The van der Waals surface area contributed by atoms with E-state index in [2.05, 4.69) is 20.6 Å². The number of aromatic nitrogens is 2. The molecule has 0 saturated carbocycles. The zero-order valence-electron chi connectivity index (χ0n) is 35.7. The van der Waals surface area contributed by atoms with E-state index in [0.717, 1.165) is 5.56 Å². The molecule has 7 rings (SSSR count). The number of nitro groups is 1. The molecule has 0 aliphatic carbocycles. The van der Waals surface area contributed by atoms with Crippen molar-refractivity contribution in [2.75, 3.05) is 76.8 Å². The van der Waals surface area contributed by atoms with Gasteiger partial charge in [-0.3, -0.25) is 29.8 Å². The second-order valence-corrected chi connectivity index (χ2v) is 15.1. The van der Waals surface area contributed by atoms with Gasteiger partial charge in [-0.2, -0.15) is 0 Å². The van der Waals surface area contributed by atoms with Gasteiger partial charge in [0.25, 0.3) is 12.0 Å². The fraction of sp³-hybridized carbons (Fsp3) is 0.356. The van der Waals surface area contributed by atoms with Crippen LogP contribution in [0.2, 0.25) is 5.02 Å². The Bertz CT molecular complexity index is 2520. The molecule has 2 unspecified atom stereocenters. The number of halogens is 2. The van der Waals surface area contributed by atoms with Gasteiger partial charge >= 0.3 is 0 Å². The molecule has 348 valence electrons. The molecule has 2 aliphatic rings. The first-order valence-electron chi connectivity index (χ1n) is 20.9. The highest BCUT2D eigenvalue weighted by Crippen LogP contribution is 2.44. The normalized spacial score (nSPS) is 15.4. The first-order valence-corrected chi connectivity index (χ1v) is 21.3. The lowest BCUT2D eigenvalue weighted by Crippen LogP contribution is -2.47. The van der Waals surface area contributed by atoms with E-state index in [9.17, 15) is 28.9 Å². The highest BCUT2D eigenvalue weighted by atomic mass is 35.5. The maximum Gasteiger partial charge on any atom is 0.269 e. The van der Waals surface area contributed by atoms with Crippen LogP contribution in [0.25, 0.3) is 10.9 Å². The number of carbonyl (C=O) groups is 3. The number of non-ortho nitro benzene ring substituents is 1. The Morgan fingerprint density at radius 2 is 1.62 bits per heavy atom. The molecule has 5 aromatic rings. The molecule has 2 N–H and O–H groups in total. The number of hydrogen-bond donors (Lipinski definition) is 2. The van der Waals surface area contributed by atoms with Gasteiger partial charge in [-0.25, -0.2) is 14.4 Å². The molecule has 1 saturated heterocycles. The van der Waals surface area contributed by atoms with Crippen LogP contribution in [0, 0.1) is 21.8 Å². The predicted octanol–water partition coefficient (Wildman–Crippen LogP) is 6.30. The van der Waals surface area contributed by atoms with Crippen LogP contribution in [-0.4, -0.2) is 105 Å². The van der Waals surface area contributed by atoms with Crippen LogP contribution in [0.3, 0.4) is 0 Å². The Kier molecular flexibility index (Phi) is 16.4. The van der Waals surface area contributed by atoms with Gasteiger partial charge in [0.1, 0.15) is 30.5 Å². The number of nitro benzene ring substituents is 1. The van der Waals surface area contributed by atoms with Gasteiger partial charge in [-0.15, -0.1) is 0 Å². The summed E-state index contributed by atoms with van der Waals surface area (Å²) in [6.07, 6.45) is 1.08. The zero-order valence-corrected chi connectivity index (χ0v) is 36.5. The molecule has 66 heavy (non-hydrogen) atoms. The van der Waals surface area contributed by atoms with E-state index in [1.54, 1.807) is 53.4 Å². The SMILES string of the molecule is COc1cc2ncnc(N(Cc3ccc([N+](=O)[O-])cc3)c3ccc(F)c(Cl)c3)c2cc1OCCOCCOCCOCCOCCC(=O)Nc1cccc2c1OC(C1CCC(=O)NC1=O)O2. The highest BCUT2D eigenvalue weighted by molar-refractivity contribution is 6.31. The molecule has 21 heteroatoms. The number of ether oxygens (including phenoxy) is 8.